The second-order valence-corrected chi connectivity index (χ2v) is 12.0. The predicted octanol–water partition coefficient (Wildman–Crippen LogP) is 4.17. The molecular weight excluding hydrogens is 426 g/mol. The van der Waals surface area contributed by atoms with Crippen molar-refractivity contribution >= 4 is 31.2 Å². The second-order valence-electron chi connectivity index (χ2n) is 6.96. The van der Waals surface area contributed by atoms with E-state index in [2.05, 4.69) is 4.72 Å². The first-order valence-corrected chi connectivity index (χ1v) is 12.9. The van der Waals surface area contributed by atoms with Gasteiger partial charge in [-0.25, -0.2) is 21.6 Å². The normalized spacial score (nSPS) is 13.3. The highest BCUT2D eigenvalue weighted by Gasteiger charge is 2.32. The van der Waals surface area contributed by atoms with Gasteiger partial charge in [-0.15, -0.1) is 11.3 Å². The largest absolute Gasteiger partial charge is 0.241 e. The van der Waals surface area contributed by atoms with Gasteiger partial charge < -0.3 is 0 Å². The van der Waals surface area contributed by atoms with Crippen LogP contribution in [0.1, 0.15) is 27.5 Å². The van der Waals surface area contributed by atoms with Crippen LogP contribution >= 0.6 is 11.3 Å². The summed E-state index contributed by atoms with van der Waals surface area (Å²) in [6.45, 7) is 5.14. The average Bonchev–Trinajstić information content (AvgIpc) is 3.17. The number of nitrogens with one attached hydrogen (secondary N) is 1. The first kappa shape index (κ1) is 21.7. The van der Waals surface area contributed by atoms with Crippen LogP contribution in [0, 0.1) is 20.8 Å². The summed E-state index contributed by atoms with van der Waals surface area (Å²) in [6, 6.07) is 15.5. The Morgan fingerprint density at radius 3 is 2.07 bits per heavy atom. The molecule has 3 aromatic rings. The Kier molecular flexibility index (Phi) is 6.28. The molecule has 1 heterocycles. The minimum Gasteiger partial charge on any atom is -0.222 e. The van der Waals surface area contributed by atoms with Crippen molar-refractivity contribution < 1.29 is 16.8 Å². The van der Waals surface area contributed by atoms with Crippen molar-refractivity contribution in [1.29, 1.82) is 0 Å². The summed E-state index contributed by atoms with van der Waals surface area (Å²) in [7, 11) is -7.63. The van der Waals surface area contributed by atoms with Crippen molar-refractivity contribution in [1.82, 2.24) is 4.72 Å². The molecule has 0 saturated heterocycles. The molecule has 5 nitrogen and oxygen atoms in total. The molecule has 2 aromatic carbocycles. The Morgan fingerprint density at radius 2 is 1.52 bits per heavy atom. The molecule has 1 N–H and O–H groups in total. The second kappa shape index (κ2) is 8.39. The first-order chi connectivity index (χ1) is 13.6. The standard InChI is InChI=1S/C21H23NO4S3/c1-15-12-16(2)21(17(3)13-15)29(25,26)22-14-19(18-8-5-4-6-9-18)28(23,24)20-10-7-11-27-20/h4-13,19,22H,14H2,1-3H3/t19-/m0/s1. The van der Waals surface area contributed by atoms with Crippen molar-refractivity contribution in [2.45, 2.75) is 35.1 Å². The maximum Gasteiger partial charge on any atom is 0.241 e. The van der Waals surface area contributed by atoms with Crippen LogP contribution in [0.2, 0.25) is 0 Å². The zero-order valence-electron chi connectivity index (χ0n) is 16.4. The molecule has 0 radical (unpaired) electrons. The molecule has 0 amide bonds. The zero-order valence-corrected chi connectivity index (χ0v) is 18.9. The first-order valence-electron chi connectivity index (χ1n) is 9.03. The molecule has 29 heavy (non-hydrogen) atoms. The van der Waals surface area contributed by atoms with E-state index in [-0.39, 0.29) is 15.6 Å². The SMILES string of the molecule is Cc1cc(C)c(S(=O)(=O)NC[C@@H](c2ccccc2)S(=O)(=O)c2cccs2)c(C)c1. The highest BCUT2D eigenvalue weighted by atomic mass is 32.2. The molecule has 1 aromatic heterocycles. The maximum atomic E-state index is 13.2. The number of hydrogen-bond acceptors (Lipinski definition) is 5. The Bertz CT molecular complexity index is 1180. The van der Waals surface area contributed by atoms with Crippen LogP contribution in [0.25, 0.3) is 0 Å². The Labute approximate surface area is 176 Å². The van der Waals surface area contributed by atoms with E-state index in [1.54, 1.807) is 73.8 Å². The van der Waals surface area contributed by atoms with Crippen LogP contribution in [0.15, 0.2) is 69.1 Å². The van der Waals surface area contributed by atoms with Gasteiger partial charge in [-0.2, -0.15) is 0 Å². The lowest BCUT2D eigenvalue weighted by atomic mass is 10.1. The molecular formula is C21H23NO4S3. The number of hydrogen-bond donors (Lipinski definition) is 1. The fourth-order valence-corrected chi connectivity index (χ4v) is 7.96. The van der Waals surface area contributed by atoms with Crippen LogP contribution in [-0.2, 0) is 19.9 Å². The Morgan fingerprint density at radius 1 is 0.897 bits per heavy atom. The van der Waals surface area contributed by atoms with Gasteiger partial charge in [0.15, 0.2) is 9.84 Å². The summed E-state index contributed by atoms with van der Waals surface area (Å²) in [6.07, 6.45) is 0. The van der Waals surface area contributed by atoms with Gasteiger partial charge in [0.25, 0.3) is 0 Å². The zero-order chi connectivity index (χ0) is 21.2. The van der Waals surface area contributed by atoms with Crippen LogP contribution in [0.4, 0.5) is 0 Å². The van der Waals surface area contributed by atoms with Gasteiger partial charge in [-0.1, -0.05) is 54.1 Å². The molecule has 0 fully saturated rings. The Balaban J connectivity index is 1.98. The molecule has 0 aliphatic carbocycles. The van der Waals surface area contributed by atoms with Gasteiger partial charge >= 0.3 is 0 Å². The molecule has 0 aliphatic heterocycles. The van der Waals surface area contributed by atoms with E-state index in [1.807, 2.05) is 6.92 Å². The average molecular weight is 450 g/mol. The van der Waals surface area contributed by atoms with E-state index < -0.39 is 25.1 Å². The fourth-order valence-electron chi connectivity index (χ4n) is 3.49. The summed E-state index contributed by atoms with van der Waals surface area (Å²) < 4.78 is 55.2. The van der Waals surface area contributed by atoms with Gasteiger partial charge in [0.1, 0.15) is 9.46 Å². The smallest absolute Gasteiger partial charge is 0.222 e. The van der Waals surface area contributed by atoms with Gasteiger partial charge in [-0.3, -0.25) is 0 Å². The number of thiophene rings is 1. The molecule has 3 rings (SSSR count). The lowest BCUT2D eigenvalue weighted by molar-refractivity contribution is 0.569. The number of rotatable bonds is 7. The molecule has 0 unspecified atom stereocenters. The predicted molar refractivity (Wildman–Crippen MR) is 117 cm³/mol. The summed E-state index contributed by atoms with van der Waals surface area (Å²) >= 11 is 1.12. The molecule has 1 atom stereocenters. The van der Waals surface area contributed by atoms with E-state index in [4.69, 9.17) is 0 Å². The third-order valence-corrected chi connectivity index (χ3v) is 9.91. The van der Waals surface area contributed by atoms with Crippen LogP contribution < -0.4 is 4.72 Å². The topological polar surface area (TPSA) is 80.3 Å². The minimum absolute atomic E-state index is 0.198. The third kappa shape index (κ3) is 4.61. The van der Waals surface area contributed by atoms with Crippen LogP contribution in [0.5, 0.6) is 0 Å². The molecule has 0 aliphatic rings. The number of sulfonamides is 1. The molecule has 0 bridgehead atoms. The molecule has 0 saturated carbocycles. The van der Waals surface area contributed by atoms with Gasteiger partial charge in [0.2, 0.25) is 10.0 Å². The van der Waals surface area contributed by atoms with Crippen LogP contribution in [-0.4, -0.2) is 23.4 Å². The van der Waals surface area contributed by atoms with Crippen molar-refractivity contribution in [3.8, 4) is 0 Å². The lowest BCUT2D eigenvalue weighted by Gasteiger charge is -2.19. The van der Waals surface area contributed by atoms with Gasteiger partial charge in [0.05, 0.1) is 4.90 Å². The number of aryl methyl sites for hydroxylation is 3. The van der Waals surface area contributed by atoms with Gasteiger partial charge in [-0.05, 0) is 48.9 Å². The van der Waals surface area contributed by atoms with Gasteiger partial charge in [0, 0.05) is 6.54 Å². The van der Waals surface area contributed by atoms with E-state index in [1.165, 1.54) is 0 Å². The summed E-state index contributed by atoms with van der Waals surface area (Å²) in [5.74, 6) is 0. The molecule has 8 heteroatoms. The lowest BCUT2D eigenvalue weighted by Crippen LogP contribution is -2.32. The summed E-state index contributed by atoms with van der Waals surface area (Å²) in [4.78, 5) is 0.198. The van der Waals surface area contributed by atoms with Crippen molar-refractivity contribution in [3.63, 3.8) is 0 Å². The summed E-state index contributed by atoms with van der Waals surface area (Å²) in [5.41, 5.74) is 2.78. The molecule has 154 valence electrons. The van der Waals surface area contributed by atoms with E-state index in [0.29, 0.717) is 16.7 Å². The van der Waals surface area contributed by atoms with Crippen LogP contribution in [0.3, 0.4) is 0 Å². The number of sulfone groups is 1. The quantitative estimate of drug-likeness (QED) is 0.587. The minimum atomic E-state index is -3.88. The van der Waals surface area contributed by atoms with Crippen molar-refractivity contribution in [2.24, 2.45) is 0 Å². The maximum absolute atomic E-state index is 13.2. The third-order valence-electron chi connectivity index (χ3n) is 4.65. The summed E-state index contributed by atoms with van der Waals surface area (Å²) in [5, 5.41) is 0.668. The highest BCUT2D eigenvalue weighted by molar-refractivity contribution is 7.93. The monoisotopic (exact) mass is 449 g/mol. The van der Waals surface area contributed by atoms with Crippen molar-refractivity contribution in [3.05, 3.63) is 82.2 Å². The number of benzene rings is 2. The van der Waals surface area contributed by atoms with Crippen molar-refractivity contribution in [2.75, 3.05) is 6.54 Å². The van der Waals surface area contributed by atoms with E-state index >= 15 is 0 Å². The van der Waals surface area contributed by atoms with E-state index in [9.17, 15) is 16.8 Å². The Hall–Kier alpha value is -2.00. The fraction of sp³-hybridized carbons (Fsp3) is 0.238. The highest BCUT2D eigenvalue weighted by Crippen LogP contribution is 2.32. The van der Waals surface area contributed by atoms with E-state index in [0.717, 1.165) is 16.9 Å². The molecule has 0 spiro atoms.